The minimum Gasteiger partial charge on any atom is -0.448 e. The summed E-state index contributed by atoms with van der Waals surface area (Å²) in [5, 5.41) is 19.2. The summed E-state index contributed by atoms with van der Waals surface area (Å²) in [4.78, 5) is 88.3. The third-order valence-corrected chi connectivity index (χ3v) is 19.9. The maximum absolute atomic E-state index is 13.0. The second kappa shape index (κ2) is 30.5. The van der Waals surface area contributed by atoms with Gasteiger partial charge in [0.25, 0.3) is 11.1 Å². The lowest BCUT2D eigenvalue weighted by atomic mass is 9.96. The Kier molecular flexibility index (Phi) is 21.1. The van der Waals surface area contributed by atoms with E-state index in [0.29, 0.717) is 82.0 Å². The molecule has 3 amide bonds. The van der Waals surface area contributed by atoms with Gasteiger partial charge in [0.2, 0.25) is 11.1 Å². The number of nitrogens with one attached hydrogen (secondary N) is 3. The van der Waals surface area contributed by atoms with E-state index in [1.54, 1.807) is 9.80 Å². The van der Waals surface area contributed by atoms with Crippen LogP contribution in [-0.2, 0) is 45.2 Å². The molecule has 20 nitrogen and oxygen atoms in total. The second-order valence-electron chi connectivity index (χ2n) is 25.9. The van der Waals surface area contributed by atoms with Crippen molar-refractivity contribution in [3.63, 3.8) is 0 Å². The quantitative estimate of drug-likeness (QED) is 0.0697. The van der Waals surface area contributed by atoms with Crippen LogP contribution in [0.4, 0.5) is 9.59 Å². The number of H-pyrrole nitrogens is 2. The zero-order chi connectivity index (χ0) is 66.0. The smallest absolute Gasteiger partial charge is 0.409 e. The third-order valence-electron chi connectivity index (χ3n) is 19.6. The summed E-state index contributed by atoms with van der Waals surface area (Å²) in [7, 11) is 0. The van der Waals surface area contributed by atoms with Crippen molar-refractivity contribution in [2.75, 3.05) is 65.6 Å². The van der Waals surface area contributed by atoms with Crippen LogP contribution in [0, 0.1) is 23.7 Å². The molecule has 6 heterocycles. The summed E-state index contributed by atoms with van der Waals surface area (Å²) in [6.45, 7) is 12.3. The van der Waals surface area contributed by atoms with Crippen LogP contribution in [0.1, 0.15) is 120 Å². The van der Waals surface area contributed by atoms with Gasteiger partial charge in [0.1, 0.15) is 36.3 Å². The first kappa shape index (κ1) is 65.8. The van der Waals surface area contributed by atoms with Crippen LogP contribution in [0.5, 0.6) is 0 Å². The van der Waals surface area contributed by atoms with E-state index in [-0.39, 0.29) is 101 Å². The minimum absolute atomic E-state index is 0.00544. The number of halogens is 1. The number of rotatable bonds is 15. The lowest BCUT2D eigenvalue weighted by Gasteiger charge is -2.31. The topological polar surface area (TPSA) is 255 Å². The van der Waals surface area contributed by atoms with E-state index in [4.69, 9.17) is 26.8 Å². The molecule has 2 aromatic heterocycles. The number of nitrogens with zero attached hydrogens (tertiary/aromatic N) is 8. The Morgan fingerprint density at radius 2 is 0.874 bits per heavy atom. The van der Waals surface area contributed by atoms with Crippen LogP contribution < -0.4 is 22.2 Å². The van der Waals surface area contributed by atoms with Gasteiger partial charge in [-0.25, -0.2) is 9.59 Å². The van der Waals surface area contributed by atoms with Gasteiger partial charge in [-0.05, 0) is 105 Å². The Hall–Kier alpha value is -9.21. The monoisotopic (exact) mass is 1300 g/mol. The van der Waals surface area contributed by atoms with Crippen molar-refractivity contribution >= 4 is 34.9 Å². The number of hydrogen-bond acceptors (Lipinski definition) is 15. The third kappa shape index (κ3) is 15.5. The SMILES string of the molecule is CC1CN(Cc2ccccc2)CC1c1nnc(CN)c(=O)[nH]1.CC1CN(Cc2ccccc2)CC1c1nnc(CNC(=O)C2CCN(C(=O)OCC3c4ccccc4-c4ccccc43)CC2)c(=O)[nH]1.O=C(Cl)C1CCN(C(=O)OCC2c3ccccc3-c3ccccc32)CC1. The van der Waals surface area contributed by atoms with Crippen LogP contribution in [0.2, 0.25) is 0 Å². The van der Waals surface area contributed by atoms with Gasteiger partial charge in [0.05, 0.1) is 6.54 Å². The van der Waals surface area contributed by atoms with Crippen molar-refractivity contribution in [2.24, 2.45) is 29.4 Å². The maximum atomic E-state index is 13.0. The number of carbonyl (C=O) groups excluding carboxylic acids is 4. The first-order valence-corrected chi connectivity index (χ1v) is 33.5. The Bertz CT molecular complexity index is 4030. The van der Waals surface area contributed by atoms with Gasteiger partial charge in [-0.15, -0.1) is 20.4 Å². The van der Waals surface area contributed by atoms with E-state index < -0.39 is 0 Å². The summed E-state index contributed by atoms with van der Waals surface area (Å²) in [6, 6.07) is 53.8. The first-order valence-electron chi connectivity index (χ1n) is 33.1. The number of likely N-dealkylation sites (tertiary alicyclic amines) is 4. The van der Waals surface area contributed by atoms with E-state index in [2.05, 4.69) is 144 Å². The van der Waals surface area contributed by atoms with Gasteiger partial charge in [-0.3, -0.25) is 29.0 Å². The Balaban J connectivity index is 0.000000151. The Labute approximate surface area is 557 Å². The van der Waals surface area contributed by atoms with Crippen molar-refractivity contribution in [3.8, 4) is 22.3 Å². The number of piperidine rings is 2. The molecule has 6 aliphatic rings. The molecule has 8 aromatic rings. The average Bonchev–Trinajstić information content (AvgIpc) is 1.63. The number of nitrogens with two attached hydrogens (primary N) is 1. The molecule has 21 heteroatoms. The van der Waals surface area contributed by atoms with E-state index in [1.807, 2.05) is 72.8 Å². The highest BCUT2D eigenvalue weighted by Gasteiger charge is 2.37. The van der Waals surface area contributed by atoms with Crippen LogP contribution in [0.25, 0.3) is 22.3 Å². The summed E-state index contributed by atoms with van der Waals surface area (Å²) < 4.78 is 11.5. The highest BCUT2D eigenvalue weighted by Crippen LogP contribution is 2.46. The summed E-state index contributed by atoms with van der Waals surface area (Å²) >= 11 is 5.55. The van der Waals surface area contributed by atoms with Crippen molar-refractivity contribution in [1.82, 2.24) is 55.3 Å². The van der Waals surface area contributed by atoms with Crippen LogP contribution in [0.3, 0.4) is 0 Å². The predicted octanol–water partition coefficient (Wildman–Crippen LogP) is 9.95. The van der Waals surface area contributed by atoms with Crippen LogP contribution in [0.15, 0.2) is 167 Å². The largest absolute Gasteiger partial charge is 0.448 e. The Morgan fingerprint density at radius 1 is 0.505 bits per heavy atom. The fraction of sp³-hybridized carbons (Fsp3) is 0.378. The zero-order valence-corrected chi connectivity index (χ0v) is 54.4. The molecule has 0 bridgehead atoms. The molecule has 0 radical (unpaired) electrons. The number of ether oxygens (including phenoxy) is 2. The molecule has 4 fully saturated rings. The number of carbonyl (C=O) groups is 4. The molecule has 4 unspecified atom stereocenters. The number of benzene rings is 6. The van der Waals surface area contributed by atoms with E-state index in [0.717, 1.165) is 39.3 Å². The molecule has 4 atom stereocenters. The second-order valence-corrected chi connectivity index (χ2v) is 26.2. The zero-order valence-electron chi connectivity index (χ0n) is 53.7. The fourth-order valence-corrected chi connectivity index (χ4v) is 14.6. The number of aromatic nitrogens is 6. The maximum Gasteiger partial charge on any atom is 0.409 e. The lowest BCUT2D eigenvalue weighted by molar-refractivity contribution is -0.126. The van der Waals surface area contributed by atoms with Gasteiger partial charge in [0, 0.05) is 107 Å². The number of hydrogen-bond donors (Lipinski definition) is 4. The molecule has 95 heavy (non-hydrogen) atoms. The van der Waals surface area contributed by atoms with Crippen LogP contribution in [-0.4, -0.2) is 139 Å². The highest BCUT2D eigenvalue weighted by molar-refractivity contribution is 6.64. The number of amides is 3. The normalized spacial score (nSPS) is 19.5. The lowest BCUT2D eigenvalue weighted by Crippen LogP contribution is -2.43. The Morgan fingerprint density at radius 3 is 1.25 bits per heavy atom. The fourth-order valence-electron chi connectivity index (χ4n) is 14.4. The summed E-state index contributed by atoms with van der Waals surface area (Å²) in [5.41, 5.74) is 17.5. The number of fused-ring (bicyclic) bond motifs is 6. The summed E-state index contributed by atoms with van der Waals surface area (Å²) in [5.74, 6) is 1.83. The van der Waals surface area contributed by atoms with Gasteiger partial charge < -0.3 is 40.3 Å². The van der Waals surface area contributed by atoms with E-state index in [9.17, 15) is 28.8 Å². The minimum atomic E-state index is -0.354. The van der Waals surface area contributed by atoms with Gasteiger partial charge in [-0.1, -0.05) is 172 Å². The van der Waals surface area contributed by atoms with E-state index in [1.165, 1.54) is 55.6 Å². The van der Waals surface area contributed by atoms with Gasteiger partial charge >= 0.3 is 12.2 Å². The predicted molar refractivity (Wildman–Crippen MR) is 362 cm³/mol. The van der Waals surface area contributed by atoms with Gasteiger partial charge in [0.15, 0.2) is 0 Å². The number of aromatic amines is 2. The molecule has 0 saturated carbocycles. The molecule has 0 spiro atoms. The van der Waals surface area contributed by atoms with Crippen molar-refractivity contribution in [3.05, 3.63) is 235 Å². The highest BCUT2D eigenvalue weighted by atomic mass is 35.5. The first-order chi connectivity index (χ1) is 46.3. The van der Waals surface area contributed by atoms with Crippen molar-refractivity contribution < 1.29 is 28.7 Å². The molecule has 492 valence electrons. The average molecular weight is 1300 g/mol. The molecule has 5 N–H and O–H groups in total. The summed E-state index contributed by atoms with van der Waals surface area (Å²) in [6.07, 6.45) is 1.59. The van der Waals surface area contributed by atoms with Crippen molar-refractivity contribution in [2.45, 2.75) is 89.4 Å². The molecule has 14 rings (SSSR count). The van der Waals surface area contributed by atoms with E-state index >= 15 is 0 Å². The molecule has 2 aliphatic carbocycles. The standard InChI is InChI=1S/C37H40N6O4.C21H20ClNO3.C16H21N5O/c1-24-20-42(21-25-9-3-2-4-10-25)22-31(24)34-39-36(45)33(40-41-34)19-38-35(44)26-15-17-43(18-16-26)37(46)47-23-32-29-13-7-5-11-27(29)28-12-6-8-14-30(28)32;22-20(24)14-9-11-23(12-10-14)21(25)26-13-19-17-7-3-1-5-15(17)16-6-2-4-8-18(16)19;1-11-8-21(9-12-5-3-2-4-6-12)10-13(11)15-18-16(22)14(7-17)19-20-15/h2-14,24,26,31-32H,15-23H2,1H3,(H,38,44)(H,39,41,45);1-8,14,19H,9-13H2;2-6,11,13H,7-10,17H2,1H3,(H,18,20,22). The molecule has 4 aliphatic heterocycles. The van der Waals surface area contributed by atoms with Crippen molar-refractivity contribution in [1.29, 1.82) is 0 Å². The van der Waals surface area contributed by atoms with Crippen LogP contribution >= 0.6 is 11.6 Å². The molecule has 6 aromatic carbocycles. The molecular weight excluding hydrogens is 1220 g/mol. The molecular formula is C74H81ClN12O8. The molecule has 4 saturated heterocycles. The van der Waals surface area contributed by atoms with Gasteiger partial charge in [-0.2, -0.15) is 0 Å².